The molecule has 1 aromatic carbocycles. The Bertz CT molecular complexity index is 379. The Morgan fingerprint density at radius 2 is 2.12 bits per heavy atom. The fourth-order valence-corrected chi connectivity index (χ4v) is 2.62. The van der Waals surface area contributed by atoms with Gasteiger partial charge in [-0.25, -0.2) is 0 Å². The third-order valence-electron chi connectivity index (χ3n) is 2.94. The maximum atomic E-state index is 11.7. The molecule has 0 spiro atoms. The summed E-state index contributed by atoms with van der Waals surface area (Å²) in [5, 5.41) is 1.14. The van der Waals surface area contributed by atoms with E-state index in [1.807, 2.05) is 29.2 Å². The molecule has 4 heteroatoms. The van der Waals surface area contributed by atoms with Gasteiger partial charge in [0, 0.05) is 11.6 Å². The quantitative estimate of drug-likeness (QED) is 0.767. The van der Waals surface area contributed by atoms with Crippen molar-refractivity contribution in [1.82, 2.24) is 4.90 Å². The van der Waals surface area contributed by atoms with Gasteiger partial charge in [-0.2, -0.15) is 0 Å². The summed E-state index contributed by atoms with van der Waals surface area (Å²) in [6, 6.07) is 8.00. The van der Waals surface area contributed by atoms with Crippen molar-refractivity contribution in [1.29, 1.82) is 0 Å². The highest BCUT2D eigenvalue weighted by molar-refractivity contribution is 9.09. The minimum absolute atomic E-state index is 0.164. The number of benzene rings is 1. The van der Waals surface area contributed by atoms with E-state index in [0.717, 1.165) is 24.4 Å². The van der Waals surface area contributed by atoms with E-state index in [-0.39, 0.29) is 11.9 Å². The number of rotatable bonds is 2. The molecule has 1 unspecified atom stereocenters. The molecule has 0 N–H and O–H groups in total. The van der Waals surface area contributed by atoms with Gasteiger partial charge in [-0.1, -0.05) is 39.7 Å². The van der Waals surface area contributed by atoms with Gasteiger partial charge in [0.25, 0.3) is 0 Å². The molecule has 0 radical (unpaired) electrons. The van der Waals surface area contributed by atoms with Gasteiger partial charge in [0.2, 0.25) is 5.91 Å². The van der Waals surface area contributed by atoms with Crippen molar-refractivity contribution in [2.45, 2.75) is 18.9 Å². The van der Waals surface area contributed by atoms with E-state index in [9.17, 15) is 4.79 Å². The summed E-state index contributed by atoms with van der Waals surface area (Å²) in [6.07, 6.45) is 2.12. The molecule has 1 fully saturated rings. The van der Waals surface area contributed by atoms with Gasteiger partial charge in [0.1, 0.15) is 0 Å². The van der Waals surface area contributed by atoms with Gasteiger partial charge >= 0.3 is 0 Å². The third-order valence-corrected chi connectivity index (χ3v) is 3.67. The van der Waals surface area contributed by atoms with Crippen LogP contribution in [-0.2, 0) is 4.79 Å². The molecule has 0 aliphatic carbocycles. The van der Waals surface area contributed by atoms with Crippen LogP contribution in [0.3, 0.4) is 0 Å². The molecule has 1 amide bonds. The van der Waals surface area contributed by atoms with Gasteiger partial charge in [-0.3, -0.25) is 4.79 Å². The highest BCUT2D eigenvalue weighted by atomic mass is 79.9. The Balaban J connectivity index is 2.19. The molecule has 0 saturated carbocycles. The van der Waals surface area contributed by atoms with Gasteiger partial charge in [0.15, 0.2) is 0 Å². The monoisotopic (exact) mass is 301 g/mol. The molecular formula is C12H13BrClNO. The molecule has 1 atom stereocenters. The van der Waals surface area contributed by atoms with Crippen LogP contribution in [0.4, 0.5) is 0 Å². The minimum Gasteiger partial charge on any atom is -0.335 e. The summed E-state index contributed by atoms with van der Waals surface area (Å²) in [7, 11) is 0. The lowest BCUT2D eigenvalue weighted by Gasteiger charge is -2.24. The van der Waals surface area contributed by atoms with Crippen molar-refractivity contribution in [2.24, 2.45) is 0 Å². The minimum atomic E-state index is 0.164. The van der Waals surface area contributed by atoms with Gasteiger partial charge in [-0.05, 0) is 30.5 Å². The Kier molecular flexibility index (Phi) is 3.87. The number of nitrogens with zero attached hydrogens (tertiary/aromatic N) is 1. The Hall–Kier alpha value is -0.540. The summed E-state index contributed by atoms with van der Waals surface area (Å²) in [6.45, 7) is 0.859. The first-order valence-corrected chi connectivity index (χ1v) is 6.83. The number of hydrogen-bond acceptors (Lipinski definition) is 1. The lowest BCUT2D eigenvalue weighted by molar-refractivity contribution is -0.129. The van der Waals surface area contributed by atoms with Crippen LogP contribution in [-0.4, -0.2) is 22.7 Å². The zero-order valence-electron chi connectivity index (χ0n) is 8.83. The number of alkyl halides is 1. The van der Waals surface area contributed by atoms with Crippen LogP contribution in [0.2, 0.25) is 5.02 Å². The standard InChI is InChI=1S/C12H13BrClNO/c13-8-12(16)15-7-1-2-11(15)9-3-5-10(14)6-4-9/h3-6,11H,1-2,7-8H2. The van der Waals surface area contributed by atoms with E-state index < -0.39 is 0 Å². The number of halogens is 2. The van der Waals surface area contributed by atoms with Gasteiger partial charge in [-0.15, -0.1) is 0 Å². The van der Waals surface area contributed by atoms with Crippen LogP contribution in [0.1, 0.15) is 24.4 Å². The zero-order chi connectivity index (χ0) is 11.5. The second-order valence-corrected chi connectivity index (χ2v) is 4.93. The molecule has 0 aromatic heterocycles. The average molecular weight is 303 g/mol. The summed E-state index contributed by atoms with van der Waals surface area (Å²) in [5.41, 5.74) is 1.18. The summed E-state index contributed by atoms with van der Waals surface area (Å²) in [5.74, 6) is 0.164. The van der Waals surface area contributed by atoms with Crippen LogP contribution in [0, 0.1) is 0 Å². The first kappa shape index (κ1) is 11.9. The van der Waals surface area contributed by atoms with Crippen LogP contribution < -0.4 is 0 Å². The van der Waals surface area contributed by atoms with Crippen molar-refractivity contribution >= 4 is 33.4 Å². The van der Waals surface area contributed by atoms with Gasteiger partial charge < -0.3 is 4.90 Å². The molecular weight excluding hydrogens is 289 g/mol. The van der Waals surface area contributed by atoms with Crippen LogP contribution in [0.25, 0.3) is 0 Å². The van der Waals surface area contributed by atoms with Gasteiger partial charge in [0.05, 0.1) is 11.4 Å². The van der Waals surface area contributed by atoms with E-state index >= 15 is 0 Å². The summed E-state index contributed by atoms with van der Waals surface area (Å²) in [4.78, 5) is 13.7. The Morgan fingerprint density at radius 3 is 2.75 bits per heavy atom. The van der Waals surface area contributed by atoms with E-state index in [1.54, 1.807) is 0 Å². The Labute approximate surface area is 109 Å². The highest BCUT2D eigenvalue weighted by Crippen LogP contribution is 2.32. The summed E-state index contributed by atoms with van der Waals surface area (Å²) < 4.78 is 0. The molecule has 2 rings (SSSR count). The summed E-state index contributed by atoms with van der Waals surface area (Å²) >= 11 is 9.08. The maximum absolute atomic E-state index is 11.7. The number of hydrogen-bond donors (Lipinski definition) is 0. The normalized spacial score (nSPS) is 20.1. The Morgan fingerprint density at radius 1 is 1.44 bits per heavy atom. The van der Waals surface area contributed by atoms with Crippen LogP contribution >= 0.6 is 27.5 Å². The fraction of sp³-hybridized carbons (Fsp3) is 0.417. The average Bonchev–Trinajstić information content (AvgIpc) is 2.78. The molecule has 1 aromatic rings. The molecule has 2 nitrogen and oxygen atoms in total. The lowest BCUT2D eigenvalue weighted by Crippen LogP contribution is -2.31. The largest absolute Gasteiger partial charge is 0.335 e. The molecule has 86 valence electrons. The zero-order valence-corrected chi connectivity index (χ0v) is 11.2. The van der Waals surface area contributed by atoms with Crippen LogP contribution in [0.15, 0.2) is 24.3 Å². The second kappa shape index (κ2) is 5.19. The van der Waals surface area contributed by atoms with Crippen molar-refractivity contribution in [3.8, 4) is 0 Å². The fourth-order valence-electron chi connectivity index (χ4n) is 2.17. The SMILES string of the molecule is O=C(CBr)N1CCCC1c1ccc(Cl)cc1. The second-order valence-electron chi connectivity index (χ2n) is 3.93. The van der Waals surface area contributed by atoms with Crippen molar-refractivity contribution in [3.63, 3.8) is 0 Å². The topological polar surface area (TPSA) is 20.3 Å². The van der Waals surface area contributed by atoms with E-state index in [1.165, 1.54) is 5.56 Å². The molecule has 1 aliphatic heterocycles. The number of carbonyl (C=O) groups excluding carboxylic acids is 1. The molecule has 0 bridgehead atoms. The lowest BCUT2D eigenvalue weighted by atomic mass is 10.0. The number of amides is 1. The maximum Gasteiger partial charge on any atom is 0.233 e. The third kappa shape index (κ3) is 2.41. The van der Waals surface area contributed by atoms with Crippen molar-refractivity contribution < 1.29 is 4.79 Å². The predicted octanol–water partition coefficient (Wildman–Crippen LogP) is 3.40. The van der Waals surface area contributed by atoms with Crippen LogP contribution in [0.5, 0.6) is 0 Å². The molecule has 1 heterocycles. The molecule has 1 aliphatic rings. The number of carbonyl (C=O) groups is 1. The van der Waals surface area contributed by atoms with E-state index in [4.69, 9.17) is 11.6 Å². The molecule has 1 saturated heterocycles. The number of likely N-dealkylation sites (tertiary alicyclic amines) is 1. The van der Waals surface area contributed by atoms with E-state index in [0.29, 0.717) is 5.33 Å². The first-order chi connectivity index (χ1) is 7.72. The first-order valence-electron chi connectivity index (χ1n) is 5.33. The smallest absolute Gasteiger partial charge is 0.233 e. The van der Waals surface area contributed by atoms with E-state index in [2.05, 4.69) is 15.9 Å². The van der Waals surface area contributed by atoms with Crippen molar-refractivity contribution in [3.05, 3.63) is 34.9 Å². The highest BCUT2D eigenvalue weighted by Gasteiger charge is 2.28. The molecule has 16 heavy (non-hydrogen) atoms. The van der Waals surface area contributed by atoms with Crippen molar-refractivity contribution in [2.75, 3.05) is 11.9 Å². The predicted molar refractivity (Wildman–Crippen MR) is 68.9 cm³/mol.